The Morgan fingerprint density at radius 2 is 1.59 bits per heavy atom. The fourth-order valence-electron chi connectivity index (χ4n) is 2.43. The van der Waals surface area contributed by atoms with Gasteiger partial charge in [0.15, 0.2) is 0 Å². The Bertz CT molecular complexity index is 817. The van der Waals surface area contributed by atoms with Crippen LogP contribution in [0, 0.1) is 0 Å². The second kappa shape index (κ2) is 11.0. The average molecular weight is 462 g/mol. The van der Waals surface area contributed by atoms with Crippen molar-refractivity contribution in [3.63, 3.8) is 0 Å². The lowest BCUT2D eigenvalue weighted by Gasteiger charge is -2.19. The number of hydrogen-bond acceptors (Lipinski definition) is 3. The molecule has 0 aromatic heterocycles. The van der Waals surface area contributed by atoms with E-state index in [9.17, 15) is 9.59 Å². The van der Waals surface area contributed by atoms with Gasteiger partial charge in [0.25, 0.3) is 5.91 Å². The van der Waals surface area contributed by atoms with E-state index in [0.717, 1.165) is 15.6 Å². The summed E-state index contributed by atoms with van der Waals surface area (Å²) >= 11 is 3.33. The molecule has 3 N–H and O–H groups in total. The summed E-state index contributed by atoms with van der Waals surface area (Å²) in [5.74, 6) is -0.172. The average Bonchev–Trinajstić information content (AvgIpc) is 2.68. The zero-order valence-electron chi connectivity index (χ0n) is 17.0. The lowest BCUT2D eigenvalue weighted by molar-refractivity contribution is -0.0149. The number of amides is 3. The van der Waals surface area contributed by atoms with E-state index >= 15 is 0 Å². The van der Waals surface area contributed by atoms with E-state index in [4.69, 9.17) is 4.74 Å². The predicted molar refractivity (Wildman–Crippen MR) is 118 cm³/mol. The van der Waals surface area contributed by atoms with Crippen LogP contribution < -0.4 is 16.0 Å². The molecule has 0 saturated carbocycles. The molecule has 0 aliphatic carbocycles. The van der Waals surface area contributed by atoms with E-state index in [2.05, 4.69) is 31.9 Å². The van der Waals surface area contributed by atoms with Gasteiger partial charge in [0, 0.05) is 29.7 Å². The monoisotopic (exact) mass is 461 g/mol. The fraction of sp³-hybridized carbons (Fsp3) is 0.364. The molecule has 7 heteroatoms. The van der Waals surface area contributed by atoms with Crippen LogP contribution in [0.25, 0.3) is 0 Å². The zero-order chi connectivity index (χ0) is 21.3. The summed E-state index contributed by atoms with van der Waals surface area (Å²) in [5.41, 5.74) is 2.45. The molecule has 0 heterocycles. The molecule has 6 nitrogen and oxygen atoms in total. The number of carbonyl (C=O) groups excluding carboxylic acids is 2. The molecule has 0 aliphatic heterocycles. The third-order valence-electron chi connectivity index (χ3n) is 3.92. The van der Waals surface area contributed by atoms with Crippen molar-refractivity contribution in [1.29, 1.82) is 0 Å². The molecule has 0 bridgehead atoms. The molecule has 0 radical (unpaired) electrons. The number of hydrogen-bond donors (Lipinski definition) is 3. The lowest BCUT2D eigenvalue weighted by Crippen LogP contribution is -2.40. The van der Waals surface area contributed by atoms with Crippen LogP contribution in [0.15, 0.2) is 53.0 Å². The second-order valence-electron chi connectivity index (χ2n) is 7.59. The summed E-state index contributed by atoms with van der Waals surface area (Å²) in [5, 5.41) is 8.32. The Morgan fingerprint density at radius 1 is 0.931 bits per heavy atom. The minimum Gasteiger partial charge on any atom is -0.371 e. The van der Waals surface area contributed by atoms with Crippen molar-refractivity contribution in [2.45, 2.75) is 39.5 Å². The first kappa shape index (κ1) is 22.9. The van der Waals surface area contributed by atoms with Gasteiger partial charge in [0.2, 0.25) is 0 Å². The topological polar surface area (TPSA) is 79.5 Å². The summed E-state index contributed by atoms with van der Waals surface area (Å²) in [7, 11) is 0. The largest absolute Gasteiger partial charge is 0.371 e. The molecule has 0 fully saturated rings. The first-order valence-corrected chi connectivity index (χ1v) is 10.3. The van der Waals surface area contributed by atoms with Crippen molar-refractivity contribution in [3.8, 4) is 0 Å². The van der Waals surface area contributed by atoms with E-state index in [1.165, 1.54) is 0 Å². The normalized spacial score (nSPS) is 11.0. The van der Waals surface area contributed by atoms with Crippen molar-refractivity contribution in [1.82, 2.24) is 16.0 Å². The van der Waals surface area contributed by atoms with Gasteiger partial charge >= 0.3 is 6.03 Å². The molecule has 0 spiro atoms. The van der Waals surface area contributed by atoms with Crippen LogP contribution >= 0.6 is 15.9 Å². The van der Waals surface area contributed by atoms with E-state index in [1.807, 2.05) is 57.2 Å². The minimum atomic E-state index is -0.278. The zero-order valence-corrected chi connectivity index (χ0v) is 18.6. The fourth-order valence-corrected chi connectivity index (χ4v) is 2.69. The van der Waals surface area contributed by atoms with Gasteiger partial charge in [-0.25, -0.2) is 4.79 Å². The van der Waals surface area contributed by atoms with Crippen LogP contribution in [0.3, 0.4) is 0 Å². The van der Waals surface area contributed by atoms with Crippen molar-refractivity contribution >= 4 is 27.9 Å². The Morgan fingerprint density at radius 3 is 2.28 bits per heavy atom. The van der Waals surface area contributed by atoms with Gasteiger partial charge in [0.05, 0.1) is 12.2 Å². The first-order valence-electron chi connectivity index (χ1n) is 9.50. The number of halogens is 1. The highest BCUT2D eigenvalue weighted by atomic mass is 79.9. The molecule has 156 valence electrons. The predicted octanol–water partition coefficient (Wildman–Crippen LogP) is 3.99. The standard InChI is InChI=1S/C22H28BrN3O3/c1-22(2,3)29-15-17-6-4-5-16(13-17)14-26-21(28)25-12-11-24-20(27)18-7-9-19(23)10-8-18/h4-10,13H,11-12,14-15H2,1-3H3,(H,24,27)(H2,25,26,28). The maximum Gasteiger partial charge on any atom is 0.315 e. The van der Waals surface area contributed by atoms with Gasteiger partial charge in [-0.3, -0.25) is 4.79 Å². The highest BCUT2D eigenvalue weighted by molar-refractivity contribution is 9.10. The van der Waals surface area contributed by atoms with E-state index < -0.39 is 0 Å². The van der Waals surface area contributed by atoms with Gasteiger partial charge in [-0.1, -0.05) is 40.2 Å². The number of ether oxygens (including phenoxy) is 1. The van der Waals surface area contributed by atoms with E-state index in [0.29, 0.717) is 31.8 Å². The molecule has 29 heavy (non-hydrogen) atoms. The molecule has 3 amide bonds. The van der Waals surface area contributed by atoms with Gasteiger partial charge < -0.3 is 20.7 Å². The lowest BCUT2D eigenvalue weighted by atomic mass is 10.1. The number of urea groups is 1. The van der Waals surface area contributed by atoms with Crippen LogP contribution in [0.5, 0.6) is 0 Å². The van der Waals surface area contributed by atoms with Crippen molar-refractivity contribution < 1.29 is 14.3 Å². The summed E-state index contributed by atoms with van der Waals surface area (Å²) in [4.78, 5) is 23.9. The quantitative estimate of drug-likeness (QED) is 0.519. The third-order valence-corrected chi connectivity index (χ3v) is 4.45. The number of benzene rings is 2. The molecule has 0 atom stereocenters. The van der Waals surface area contributed by atoms with Gasteiger partial charge in [-0.2, -0.15) is 0 Å². The molecule has 2 aromatic rings. The Kier molecular flexibility index (Phi) is 8.67. The summed E-state index contributed by atoms with van der Waals surface area (Å²) in [6.45, 7) is 7.69. The molecule has 2 aromatic carbocycles. The minimum absolute atomic E-state index is 0.172. The van der Waals surface area contributed by atoms with Crippen LogP contribution in [0.4, 0.5) is 4.79 Å². The molecule has 2 rings (SSSR count). The highest BCUT2D eigenvalue weighted by Crippen LogP contribution is 2.13. The highest BCUT2D eigenvalue weighted by Gasteiger charge is 2.10. The first-order chi connectivity index (χ1) is 13.7. The molecule has 0 unspecified atom stereocenters. The van der Waals surface area contributed by atoms with Crippen LogP contribution in [-0.2, 0) is 17.9 Å². The molecule has 0 saturated heterocycles. The number of rotatable bonds is 8. The molecule has 0 aliphatic rings. The molecular formula is C22H28BrN3O3. The summed E-state index contributed by atoms with van der Waals surface area (Å²) < 4.78 is 6.70. The SMILES string of the molecule is CC(C)(C)OCc1cccc(CNC(=O)NCCNC(=O)c2ccc(Br)cc2)c1. The second-order valence-corrected chi connectivity index (χ2v) is 8.51. The Balaban J connectivity index is 1.67. The smallest absolute Gasteiger partial charge is 0.315 e. The maximum absolute atomic E-state index is 12.0. The summed E-state index contributed by atoms with van der Waals surface area (Å²) in [6, 6.07) is 14.7. The van der Waals surface area contributed by atoms with E-state index in [1.54, 1.807) is 12.1 Å². The number of carbonyl (C=O) groups is 2. The third kappa shape index (κ3) is 9.11. The Hall–Kier alpha value is -2.38. The van der Waals surface area contributed by atoms with E-state index in [-0.39, 0.29) is 17.5 Å². The van der Waals surface area contributed by atoms with Crippen molar-refractivity contribution in [2.75, 3.05) is 13.1 Å². The van der Waals surface area contributed by atoms with Gasteiger partial charge in [0.1, 0.15) is 0 Å². The molecular weight excluding hydrogens is 434 g/mol. The van der Waals surface area contributed by atoms with Crippen LogP contribution in [-0.4, -0.2) is 30.6 Å². The summed E-state index contributed by atoms with van der Waals surface area (Å²) in [6.07, 6.45) is 0. The van der Waals surface area contributed by atoms with Crippen LogP contribution in [0.1, 0.15) is 42.3 Å². The van der Waals surface area contributed by atoms with Crippen LogP contribution in [0.2, 0.25) is 0 Å². The van der Waals surface area contributed by atoms with Gasteiger partial charge in [-0.15, -0.1) is 0 Å². The van der Waals surface area contributed by atoms with Gasteiger partial charge in [-0.05, 0) is 56.2 Å². The number of nitrogens with one attached hydrogen (secondary N) is 3. The Labute approximate surface area is 180 Å². The van der Waals surface area contributed by atoms with Crippen molar-refractivity contribution in [3.05, 3.63) is 69.7 Å². The van der Waals surface area contributed by atoms with Crippen molar-refractivity contribution in [2.24, 2.45) is 0 Å². The maximum atomic E-state index is 12.0.